The van der Waals surface area contributed by atoms with Gasteiger partial charge in [0.15, 0.2) is 5.69 Å². The lowest BCUT2D eigenvalue weighted by Crippen LogP contribution is -2.13. The SMILES string of the molecule is CCOC(=O)c1sc(-n2ccc(N)n2)nc1C(F)(F)F. The number of hydrogen-bond donors (Lipinski definition) is 1. The summed E-state index contributed by atoms with van der Waals surface area (Å²) in [6.45, 7) is 1.47. The summed E-state index contributed by atoms with van der Waals surface area (Å²) >= 11 is 0.540. The van der Waals surface area contributed by atoms with Crippen molar-refractivity contribution in [3.8, 4) is 5.13 Å². The molecule has 0 fully saturated rings. The minimum atomic E-state index is -4.75. The lowest BCUT2D eigenvalue weighted by molar-refractivity contribution is -0.141. The van der Waals surface area contributed by atoms with E-state index in [2.05, 4.69) is 14.8 Å². The highest BCUT2D eigenvalue weighted by atomic mass is 32.1. The monoisotopic (exact) mass is 306 g/mol. The third-order valence-corrected chi connectivity index (χ3v) is 3.18. The Morgan fingerprint density at radius 3 is 2.75 bits per heavy atom. The number of aromatic nitrogens is 3. The molecule has 0 aliphatic heterocycles. The van der Waals surface area contributed by atoms with Crippen molar-refractivity contribution in [1.29, 1.82) is 0 Å². The zero-order chi connectivity index (χ0) is 14.9. The van der Waals surface area contributed by atoms with Crippen molar-refractivity contribution >= 4 is 23.1 Å². The summed E-state index contributed by atoms with van der Waals surface area (Å²) in [4.78, 5) is 14.4. The molecule has 2 rings (SSSR count). The lowest BCUT2D eigenvalue weighted by Gasteiger charge is -2.04. The maximum atomic E-state index is 12.9. The summed E-state index contributed by atoms with van der Waals surface area (Å²) in [5.74, 6) is -0.935. The fourth-order valence-corrected chi connectivity index (χ4v) is 2.29. The van der Waals surface area contributed by atoms with Crippen molar-refractivity contribution in [1.82, 2.24) is 14.8 Å². The highest BCUT2D eigenvalue weighted by Gasteiger charge is 2.40. The largest absolute Gasteiger partial charge is 0.462 e. The molecule has 108 valence electrons. The van der Waals surface area contributed by atoms with Crippen LogP contribution < -0.4 is 5.73 Å². The number of alkyl halides is 3. The van der Waals surface area contributed by atoms with E-state index in [1.807, 2.05) is 0 Å². The number of nitrogens with two attached hydrogens (primary N) is 1. The maximum absolute atomic E-state index is 12.9. The smallest absolute Gasteiger partial charge is 0.435 e. The van der Waals surface area contributed by atoms with Gasteiger partial charge in [-0.15, -0.1) is 5.10 Å². The van der Waals surface area contributed by atoms with Crippen molar-refractivity contribution in [3.05, 3.63) is 22.8 Å². The first kappa shape index (κ1) is 14.3. The number of anilines is 1. The molecule has 0 amide bonds. The van der Waals surface area contributed by atoms with Crippen LogP contribution >= 0.6 is 11.3 Å². The fourth-order valence-electron chi connectivity index (χ4n) is 1.38. The van der Waals surface area contributed by atoms with Crippen LogP contribution in [0.2, 0.25) is 0 Å². The number of nitrogens with zero attached hydrogens (tertiary/aromatic N) is 3. The number of esters is 1. The second-order valence-corrected chi connectivity index (χ2v) is 4.56. The fraction of sp³-hybridized carbons (Fsp3) is 0.300. The zero-order valence-corrected chi connectivity index (χ0v) is 11.0. The van der Waals surface area contributed by atoms with Gasteiger partial charge in [0.05, 0.1) is 6.61 Å². The predicted molar refractivity (Wildman–Crippen MR) is 64.6 cm³/mol. The van der Waals surface area contributed by atoms with Crippen molar-refractivity contribution < 1.29 is 22.7 Å². The van der Waals surface area contributed by atoms with Gasteiger partial charge in [0.25, 0.3) is 0 Å². The summed E-state index contributed by atoms with van der Waals surface area (Å²) in [7, 11) is 0. The van der Waals surface area contributed by atoms with Crippen LogP contribution in [0.3, 0.4) is 0 Å². The Morgan fingerprint density at radius 2 is 2.25 bits per heavy atom. The van der Waals surface area contributed by atoms with E-state index < -0.39 is 22.7 Å². The molecule has 0 atom stereocenters. The van der Waals surface area contributed by atoms with Gasteiger partial charge in [0, 0.05) is 12.3 Å². The second-order valence-electron chi connectivity index (χ2n) is 3.58. The topological polar surface area (TPSA) is 83.0 Å². The molecule has 2 aromatic rings. The first-order valence-corrected chi connectivity index (χ1v) is 6.21. The van der Waals surface area contributed by atoms with E-state index in [0.29, 0.717) is 11.3 Å². The molecule has 0 saturated heterocycles. The number of thiazole rings is 1. The Kier molecular flexibility index (Phi) is 3.66. The predicted octanol–water partition coefficient (Wildman–Crippen LogP) is 2.11. The molecule has 2 N–H and O–H groups in total. The number of ether oxygens (including phenoxy) is 1. The van der Waals surface area contributed by atoms with Crippen LogP contribution in [0.15, 0.2) is 12.3 Å². The zero-order valence-electron chi connectivity index (χ0n) is 10.1. The molecule has 0 spiro atoms. The van der Waals surface area contributed by atoms with E-state index in [4.69, 9.17) is 5.73 Å². The highest BCUT2D eigenvalue weighted by Crippen LogP contribution is 2.35. The molecule has 0 aliphatic carbocycles. The van der Waals surface area contributed by atoms with Gasteiger partial charge in [-0.1, -0.05) is 11.3 Å². The van der Waals surface area contributed by atoms with Gasteiger partial charge < -0.3 is 10.5 Å². The Morgan fingerprint density at radius 1 is 1.55 bits per heavy atom. The quantitative estimate of drug-likeness (QED) is 0.878. The molecule has 0 saturated carbocycles. The van der Waals surface area contributed by atoms with Crippen molar-refractivity contribution in [3.63, 3.8) is 0 Å². The molecule has 6 nitrogen and oxygen atoms in total. The number of hydrogen-bond acceptors (Lipinski definition) is 6. The van der Waals surface area contributed by atoms with Gasteiger partial charge in [-0.3, -0.25) is 0 Å². The molecule has 0 aliphatic rings. The van der Waals surface area contributed by atoms with Crippen molar-refractivity contribution in [2.24, 2.45) is 0 Å². The number of nitrogen functional groups attached to an aromatic ring is 1. The van der Waals surface area contributed by atoms with E-state index in [1.54, 1.807) is 0 Å². The molecule has 0 unspecified atom stereocenters. The first-order chi connectivity index (χ1) is 9.32. The molecular weight excluding hydrogens is 297 g/mol. The van der Waals surface area contributed by atoms with E-state index in [9.17, 15) is 18.0 Å². The van der Waals surface area contributed by atoms with Crippen LogP contribution in [0.1, 0.15) is 22.3 Å². The molecule has 2 aromatic heterocycles. The van der Waals surface area contributed by atoms with Crippen LogP contribution in [-0.2, 0) is 10.9 Å². The summed E-state index contributed by atoms with van der Waals surface area (Å²) in [6, 6.07) is 1.40. The van der Waals surface area contributed by atoms with E-state index in [-0.39, 0.29) is 17.6 Å². The summed E-state index contributed by atoms with van der Waals surface area (Å²) < 4.78 is 44.3. The summed E-state index contributed by atoms with van der Waals surface area (Å²) in [5.41, 5.74) is 4.10. The Balaban J connectivity index is 2.50. The third-order valence-electron chi connectivity index (χ3n) is 2.15. The van der Waals surface area contributed by atoms with Gasteiger partial charge in [-0.05, 0) is 6.92 Å². The molecule has 10 heteroatoms. The van der Waals surface area contributed by atoms with Gasteiger partial charge >= 0.3 is 12.1 Å². The van der Waals surface area contributed by atoms with Gasteiger partial charge in [-0.2, -0.15) is 13.2 Å². The van der Waals surface area contributed by atoms with Gasteiger partial charge in [0.1, 0.15) is 10.7 Å². The number of rotatable bonds is 3. The molecule has 0 radical (unpaired) electrons. The lowest BCUT2D eigenvalue weighted by atomic mass is 10.3. The Bertz CT molecular complexity index is 635. The number of halogens is 3. The van der Waals surface area contributed by atoms with Crippen LogP contribution in [0, 0.1) is 0 Å². The summed E-state index contributed by atoms with van der Waals surface area (Å²) in [6.07, 6.45) is -3.40. The van der Waals surface area contributed by atoms with Crippen LogP contribution in [0.4, 0.5) is 19.0 Å². The highest BCUT2D eigenvalue weighted by molar-refractivity contribution is 7.16. The second kappa shape index (κ2) is 5.12. The van der Waals surface area contributed by atoms with Crippen LogP contribution in [-0.4, -0.2) is 27.3 Å². The minimum absolute atomic E-state index is 0.0297. The average molecular weight is 306 g/mol. The van der Waals surface area contributed by atoms with Crippen LogP contribution in [0.5, 0.6) is 0 Å². The summed E-state index contributed by atoms with van der Waals surface area (Å²) in [5, 5.41) is 3.63. The van der Waals surface area contributed by atoms with Crippen LogP contribution in [0.25, 0.3) is 5.13 Å². The maximum Gasteiger partial charge on any atom is 0.435 e. The van der Waals surface area contributed by atoms with E-state index in [1.165, 1.54) is 19.2 Å². The molecule has 0 aromatic carbocycles. The molecular formula is C10H9F3N4O2S. The van der Waals surface area contributed by atoms with E-state index >= 15 is 0 Å². The van der Waals surface area contributed by atoms with E-state index in [0.717, 1.165) is 4.68 Å². The normalized spacial score (nSPS) is 11.6. The Hall–Kier alpha value is -2.10. The molecule has 20 heavy (non-hydrogen) atoms. The Labute approximate surface area is 115 Å². The van der Waals surface area contributed by atoms with Gasteiger partial charge in [0.2, 0.25) is 5.13 Å². The third kappa shape index (κ3) is 2.74. The van der Waals surface area contributed by atoms with Crippen molar-refractivity contribution in [2.75, 3.05) is 12.3 Å². The first-order valence-electron chi connectivity index (χ1n) is 5.39. The standard InChI is InChI=1S/C10H9F3N4O2S/c1-2-19-8(18)6-7(10(11,12)13)15-9(20-6)17-4-3-5(14)16-17/h3-4H,2H2,1H3,(H2,14,16). The molecule has 0 bridgehead atoms. The number of carbonyl (C=O) groups is 1. The average Bonchev–Trinajstić information content (AvgIpc) is 2.94. The molecule has 2 heterocycles. The number of carbonyl (C=O) groups excluding carboxylic acids is 1. The van der Waals surface area contributed by atoms with Gasteiger partial charge in [-0.25, -0.2) is 14.5 Å². The van der Waals surface area contributed by atoms with Crippen molar-refractivity contribution in [2.45, 2.75) is 13.1 Å². The minimum Gasteiger partial charge on any atom is -0.462 e.